The zero-order valence-corrected chi connectivity index (χ0v) is 33.7. The minimum atomic E-state index is -5.07. The molecular weight excluding hydrogens is 810 g/mol. The van der Waals surface area contributed by atoms with Crippen LogP contribution in [0.3, 0.4) is 0 Å². The van der Waals surface area contributed by atoms with Gasteiger partial charge in [0.1, 0.15) is 42.1 Å². The van der Waals surface area contributed by atoms with Crippen molar-refractivity contribution in [1.29, 1.82) is 0 Å². The smallest absolute Gasteiger partial charge is 0.408 e. The molecule has 2 saturated carbocycles. The van der Waals surface area contributed by atoms with Crippen molar-refractivity contribution in [2.75, 3.05) is 13.2 Å². The lowest BCUT2D eigenvalue weighted by atomic mass is 9.86. The SMILES string of the molecule is C[C@H]1CCC=C[C@@H]2C[C@@]2(C(=O)NS(=O)(=O)C2(C)CC2)NC(=O)[C@@H]2C[C@@H](Oc3ncc(OCC(F)F)c4ccccc34)CN2C(=O)[C@@H](N(C(=O)O)[C@H](C)C(F)(F)F)[C@H](C)C1. The maximum Gasteiger partial charge on any atom is 0.408 e. The number of carboxylic acid groups (broad SMARTS) is 1. The van der Waals surface area contributed by atoms with Gasteiger partial charge in [0.25, 0.3) is 12.3 Å². The molecule has 1 aromatic carbocycles. The molecule has 3 N–H and O–H groups in total. The van der Waals surface area contributed by atoms with E-state index >= 15 is 0 Å². The molecule has 0 bridgehead atoms. The van der Waals surface area contributed by atoms with E-state index in [1.165, 1.54) is 13.8 Å². The van der Waals surface area contributed by atoms with Crippen LogP contribution >= 0.6 is 0 Å². The van der Waals surface area contributed by atoms with E-state index in [-0.39, 0.29) is 41.7 Å². The number of hydrogen-bond donors (Lipinski definition) is 3. The van der Waals surface area contributed by atoms with Gasteiger partial charge in [-0.25, -0.2) is 27.0 Å². The first-order chi connectivity index (χ1) is 27.6. The van der Waals surface area contributed by atoms with Crippen LogP contribution in [-0.2, 0) is 24.4 Å². The van der Waals surface area contributed by atoms with Crippen molar-refractivity contribution >= 4 is 44.6 Å². The van der Waals surface area contributed by atoms with E-state index in [2.05, 4.69) is 15.0 Å². The van der Waals surface area contributed by atoms with E-state index in [1.54, 1.807) is 36.4 Å². The summed E-state index contributed by atoms with van der Waals surface area (Å²) in [4.78, 5) is 61.2. The highest BCUT2D eigenvalue weighted by Crippen LogP contribution is 2.48. The molecule has 3 heterocycles. The van der Waals surface area contributed by atoms with Crippen LogP contribution in [0, 0.1) is 17.8 Å². The fourth-order valence-electron chi connectivity index (χ4n) is 8.11. The minimum Gasteiger partial charge on any atom is -0.485 e. The summed E-state index contributed by atoms with van der Waals surface area (Å²) in [6.07, 6.45) is -4.93. The summed E-state index contributed by atoms with van der Waals surface area (Å²) in [5, 5.41) is 13.6. The molecule has 14 nitrogen and oxygen atoms in total. The number of nitrogens with zero attached hydrogens (tertiary/aromatic N) is 3. The van der Waals surface area contributed by atoms with E-state index in [0.29, 0.717) is 43.4 Å². The molecule has 0 radical (unpaired) electrons. The quantitative estimate of drug-likeness (QED) is 0.206. The largest absolute Gasteiger partial charge is 0.485 e. The number of alkyl halides is 5. The second-order valence-corrected chi connectivity index (χ2v) is 18.7. The topological polar surface area (TPSA) is 185 Å². The zero-order chi connectivity index (χ0) is 43.2. The van der Waals surface area contributed by atoms with Gasteiger partial charge in [0.2, 0.25) is 27.7 Å². The number of allylic oxidation sites excluding steroid dienone is 1. The Kier molecular flexibility index (Phi) is 12.2. The molecule has 3 fully saturated rings. The fraction of sp³-hybridized carbons (Fsp3) is 0.615. The second kappa shape index (κ2) is 16.4. The molecule has 2 aliphatic heterocycles. The molecule has 6 rings (SSSR count). The number of aromatic nitrogens is 1. The van der Waals surface area contributed by atoms with Crippen LogP contribution in [0.1, 0.15) is 72.6 Å². The van der Waals surface area contributed by atoms with Crippen LogP contribution < -0.4 is 19.5 Å². The number of nitrogens with one attached hydrogen (secondary N) is 2. The van der Waals surface area contributed by atoms with Crippen LogP contribution in [0.15, 0.2) is 42.6 Å². The molecule has 8 atom stereocenters. The van der Waals surface area contributed by atoms with Gasteiger partial charge < -0.3 is 24.8 Å². The number of carbonyl (C=O) groups is 4. The Morgan fingerprint density at radius 1 is 1.14 bits per heavy atom. The highest BCUT2D eigenvalue weighted by Gasteiger charge is 2.63. The number of amides is 4. The monoisotopic (exact) mass is 857 g/mol. The van der Waals surface area contributed by atoms with Gasteiger partial charge in [0.15, 0.2) is 0 Å². The number of benzene rings is 1. The van der Waals surface area contributed by atoms with Crippen molar-refractivity contribution in [3.05, 3.63) is 42.6 Å². The molecule has 0 spiro atoms. The number of halogens is 5. The summed E-state index contributed by atoms with van der Waals surface area (Å²) in [5.41, 5.74) is -1.76. The lowest BCUT2D eigenvalue weighted by molar-refractivity contribution is -0.184. The van der Waals surface area contributed by atoms with Gasteiger partial charge in [-0.05, 0) is 70.3 Å². The highest BCUT2D eigenvalue weighted by molar-refractivity contribution is 7.91. The van der Waals surface area contributed by atoms with Gasteiger partial charge in [0.05, 0.1) is 17.5 Å². The summed E-state index contributed by atoms with van der Waals surface area (Å²) in [7, 11) is -4.15. The van der Waals surface area contributed by atoms with Crippen molar-refractivity contribution in [2.45, 2.75) is 120 Å². The second-order valence-electron chi connectivity index (χ2n) is 16.5. The van der Waals surface area contributed by atoms with Crippen molar-refractivity contribution in [3.8, 4) is 11.6 Å². The Balaban J connectivity index is 1.40. The van der Waals surface area contributed by atoms with Gasteiger partial charge in [0, 0.05) is 23.1 Å². The van der Waals surface area contributed by atoms with Crippen LogP contribution in [0.2, 0.25) is 0 Å². The van der Waals surface area contributed by atoms with Crippen molar-refractivity contribution < 1.29 is 64.1 Å². The van der Waals surface area contributed by atoms with Gasteiger partial charge in [-0.2, -0.15) is 13.2 Å². The first-order valence-corrected chi connectivity index (χ1v) is 21.0. The standard InChI is InChI=1S/C39H48F5N5O9S/c1-21-9-5-6-10-24-17-38(24,35(52)47-59(55,56)37(4)13-14-37)46-32(50)28-16-25(58-33-27-12-8-7-11-26(27)29(18-45-33)57-20-30(40)41)19-48(28)34(51)31(22(2)15-21)49(36(53)54)23(3)39(42,43)44/h6-8,10-12,18,21-25,28,30-31H,5,9,13-17,19-20H2,1-4H3,(H,46,50)(H,47,52)(H,53,54)/t21-,22+,23+,24+,25+,28-,31-,38+/m0/s1. The number of pyridine rings is 1. The summed E-state index contributed by atoms with van der Waals surface area (Å²) in [6, 6.07) is 0.278. The number of ether oxygens (including phenoxy) is 2. The van der Waals surface area contributed by atoms with E-state index < -0.39 is 106 Å². The number of sulfonamides is 1. The maximum absolute atomic E-state index is 14.9. The number of hydrogen-bond acceptors (Lipinski definition) is 9. The highest BCUT2D eigenvalue weighted by atomic mass is 32.2. The zero-order valence-electron chi connectivity index (χ0n) is 32.9. The average molecular weight is 858 g/mol. The van der Waals surface area contributed by atoms with Crippen LogP contribution in [0.4, 0.5) is 26.7 Å². The minimum absolute atomic E-state index is 0.00882. The third-order valence-electron chi connectivity index (χ3n) is 12.0. The first kappa shape index (κ1) is 43.8. The molecule has 1 saturated heterocycles. The predicted molar refractivity (Wildman–Crippen MR) is 202 cm³/mol. The fourth-order valence-corrected chi connectivity index (χ4v) is 9.43. The number of fused-ring (bicyclic) bond motifs is 3. The lowest BCUT2D eigenvalue weighted by Crippen LogP contribution is -2.62. The van der Waals surface area contributed by atoms with Crippen LogP contribution in [-0.4, -0.2) is 112 Å². The molecule has 20 heteroatoms. The van der Waals surface area contributed by atoms with E-state index in [0.717, 1.165) is 11.1 Å². The summed E-state index contributed by atoms with van der Waals surface area (Å²) in [6.45, 7) is 4.06. The molecule has 2 aliphatic carbocycles. The Morgan fingerprint density at radius 3 is 2.44 bits per heavy atom. The van der Waals surface area contributed by atoms with Crippen LogP contribution in [0.25, 0.3) is 10.8 Å². The summed E-state index contributed by atoms with van der Waals surface area (Å²) < 4.78 is 108. The molecule has 59 heavy (non-hydrogen) atoms. The molecule has 2 aromatic rings. The van der Waals surface area contributed by atoms with Crippen molar-refractivity contribution in [1.82, 2.24) is 24.8 Å². The van der Waals surface area contributed by atoms with E-state index in [9.17, 15) is 54.7 Å². The molecule has 4 aliphatic rings. The Labute approximate surface area is 337 Å². The predicted octanol–water partition coefficient (Wildman–Crippen LogP) is 5.41. The van der Waals surface area contributed by atoms with Gasteiger partial charge >= 0.3 is 12.3 Å². The molecular formula is C39H48F5N5O9S. The molecule has 324 valence electrons. The van der Waals surface area contributed by atoms with Gasteiger partial charge in [-0.1, -0.05) is 44.2 Å². The van der Waals surface area contributed by atoms with Gasteiger partial charge in [-0.15, -0.1) is 0 Å². The Morgan fingerprint density at radius 2 is 1.81 bits per heavy atom. The van der Waals surface area contributed by atoms with Gasteiger partial charge in [-0.3, -0.25) is 24.0 Å². The van der Waals surface area contributed by atoms with Crippen LogP contribution in [0.5, 0.6) is 11.6 Å². The van der Waals surface area contributed by atoms with E-state index in [4.69, 9.17) is 9.47 Å². The summed E-state index contributed by atoms with van der Waals surface area (Å²) in [5.74, 6) is -4.91. The molecule has 1 aromatic heterocycles. The van der Waals surface area contributed by atoms with Crippen molar-refractivity contribution in [3.63, 3.8) is 0 Å². The Bertz CT molecular complexity index is 2100. The molecule has 4 amide bonds. The number of rotatable bonds is 10. The first-order valence-electron chi connectivity index (χ1n) is 19.5. The lowest BCUT2D eigenvalue weighted by Gasteiger charge is -2.40. The third kappa shape index (κ3) is 9.06. The molecule has 0 unspecified atom stereocenters. The average Bonchev–Trinajstić information content (AvgIpc) is 4.03. The van der Waals surface area contributed by atoms with E-state index in [1.807, 2.05) is 6.92 Å². The maximum atomic E-state index is 14.9. The third-order valence-corrected chi connectivity index (χ3v) is 14.1. The van der Waals surface area contributed by atoms with Crippen molar-refractivity contribution in [2.24, 2.45) is 17.8 Å². The number of carbonyl (C=O) groups excluding carboxylic acids is 3. The Hall–Kier alpha value is -4.75. The summed E-state index contributed by atoms with van der Waals surface area (Å²) >= 11 is 0. The normalized spacial score (nSPS) is 29.0.